The topological polar surface area (TPSA) is 0 Å². The van der Waals surface area contributed by atoms with Crippen LogP contribution in [0.5, 0.6) is 0 Å². The lowest BCUT2D eigenvalue weighted by Crippen LogP contribution is -2.17. The van der Waals surface area contributed by atoms with Gasteiger partial charge in [0.25, 0.3) is 5.92 Å². The van der Waals surface area contributed by atoms with E-state index >= 15 is 0 Å². The first-order chi connectivity index (χ1) is 8.82. The van der Waals surface area contributed by atoms with Crippen LogP contribution in [0.15, 0.2) is 36.4 Å². The number of aryl methyl sites for hydroxylation is 4. The van der Waals surface area contributed by atoms with E-state index < -0.39 is 5.92 Å². The molecule has 0 heterocycles. The Morgan fingerprint density at radius 1 is 0.737 bits per heavy atom. The first-order valence-electron chi connectivity index (χ1n) is 6.35. The molecule has 0 aliphatic carbocycles. The van der Waals surface area contributed by atoms with E-state index in [0.29, 0.717) is 5.56 Å². The van der Waals surface area contributed by atoms with Crippen molar-refractivity contribution in [3.8, 4) is 0 Å². The van der Waals surface area contributed by atoms with E-state index in [9.17, 15) is 8.78 Å². The summed E-state index contributed by atoms with van der Waals surface area (Å²) in [6.07, 6.45) is 0. The second kappa shape index (κ2) is 4.76. The molecule has 2 aromatic rings. The molecule has 0 amide bonds. The quantitative estimate of drug-likeness (QED) is 0.708. The van der Waals surface area contributed by atoms with Crippen LogP contribution in [0.25, 0.3) is 0 Å². The molecule has 0 spiro atoms. The first-order valence-corrected chi connectivity index (χ1v) is 6.35. The van der Waals surface area contributed by atoms with Crippen molar-refractivity contribution in [2.24, 2.45) is 0 Å². The Balaban J connectivity index is 2.57. The van der Waals surface area contributed by atoms with Crippen molar-refractivity contribution in [3.05, 3.63) is 69.8 Å². The highest BCUT2D eigenvalue weighted by Gasteiger charge is 2.35. The zero-order chi connectivity index (χ0) is 14.2. The van der Waals surface area contributed by atoms with Gasteiger partial charge in [-0.3, -0.25) is 0 Å². The van der Waals surface area contributed by atoms with Gasteiger partial charge in [0.05, 0.1) is 0 Å². The summed E-state index contributed by atoms with van der Waals surface area (Å²) in [6, 6.07) is 10.0. The van der Waals surface area contributed by atoms with E-state index in [1.807, 2.05) is 26.8 Å². The average molecular weight is 260 g/mol. The summed E-state index contributed by atoms with van der Waals surface area (Å²) in [5, 5.41) is 0. The van der Waals surface area contributed by atoms with Crippen LogP contribution in [0, 0.1) is 27.7 Å². The van der Waals surface area contributed by atoms with Gasteiger partial charge in [-0.05, 0) is 56.5 Å². The Bertz CT molecular complexity index is 613. The molecule has 2 aromatic carbocycles. The van der Waals surface area contributed by atoms with E-state index in [0.717, 1.165) is 16.7 Å². The number of rotatable bonds is 2. The summed E-state index contributed by atoms with van der Waals surface area (Å²) in [5.74, 6) is -2.95. The molecule has 2 heteroatoms. The Labute approximate surface area is 113 Å². The zero-order valence-corrected chi connectivity index (χ0v) is 11.7. The normalized spacial score (nSPS) is 11.7. The minimum absolute atomic E-state index is 0.0595. The SMILES string of the molecule is Cc1ccc(C)c(C(F)(F)c2ccc(C)c(C)c2)c1. The lowest BCUT2D eigenvalue weighted by Gasteiger charge is -2.21. The number of alkyl halides is 2. The van der Waals surface area contributed by atoms with Gasteiger partial charge in [-0.25, -0.2) is 0 Å². The molecule has 19 heavy (non-hydrogen) atoms. The molecule has 0 aromatic heterocycles. The highest BCUT2D eigenvalue weighted by Crippen LogP contribution is 2.38. The maximum atomic E-state index is 14.6. The maximum Gasteiger partial charge on any atom is 0.298 e. The summed E-state index contributed by atoms with van der Waals surface area (Å²) in [7, 11) is 0. The van der Waals surface area contributed by atoms with Crippen molar-refractivity contribution < 1.29 is 8.78 Å². The summed E-state index contributed by atoms with van der Waals surface area (Å²) < 4.78 is 29.3. The molecule has 2 rings (SSSR count). The predicted octanol–water partition coefficient (Wildman–Crippen LogP) is 5.06. The van der Waals surface area contributed by atoms with Crippen LogP contribution in [-0.4, -0.2) is 0 Å². The van der Waals surface area contributed by atoms with Gasteiger partial charge in [-0.2, -0.15) is 8.78 Å². The minimum atomic E-state index is -2.95. The zero-order valence-electron chi connectivity index (χ0n) is 11.7. The van der Waals surface area contributed by atoms with Gasteiger partial charge < -0.3 is 0 Å². The molecule has 0 nitrogen and oxygen atoms in total. The highest BCUT2D eigenvalue weighted by atomic mass is 19.3. The number of benzene rings is 2. The Hall–Kier alpha value is -1.70. The fourth-order valence-corrected chi connectivity index (χ4v) is 2.17. The van der Waals surface area contributed by atoms with Gasteiger partial charge in [-0.1, -0.05) is 29.8 Å². The van der Waals surface area contributed by atoms with Crippen molar-refractivity contribution in [2.45, 2.75) is 33.6 Å². The molecule has 0 aliphatic rings. The standard InChI is InChI=1S/C17H18F2/c1-11-5-6-13(3)16(9-11)17(18,19)15-8-7-12(2)14(4)10-15/h5-10H,1-4H3. The maximum absolute atomic E-state index is 14.6. The van der Waals surface area contributed by atoms with Crippen LogP contribution in [-0.2, 0) is 5.92 Å². The second-order valence-corrected chi connectivity index (χ2v) is 5.19. The number of halogens is 2. The Kier molecular flexibility index (Phi) is 3.44. The third kappa shape index (κ3) is 2.53. The first kappa shape index (κ1) is 13.7. The molecule has 0 unspecified atom stereocenters. The average Bonchev–Trinajstić information content (AvgIpc) is 2.35. The van der Waals surface area contributed by atoms with Crippen LogP contribution in [0.4, 0.5) is 8.78 Å². The molecule has 0 bridgehead atoms. The van der Waals surface area contributed by atoms with Crippen molar-refractivity contribution in [2.75, 3.05) is 0 Å². The smallest absolute Gasteiger partial charge is 0.196 e. The number of hydrogen-bond acceptors (Lipinski definition) is 0. The fourth-order valence-electron chi connectivity index (χ4n) is 2.17. The summed E-state index contributed by atoms with van der Waals surface area (Å²) in [5.41, 5.74) is 3.54. The minimum Gasteiger partial charge on any atom is -0.196 e. The molecule has 0 aliphatic heterocycles. The van der Waals surface area contributed by atoms with E-state index in [2.05, 4.69) is 0 Å². The van der Waals surface area contributed by atoms with Crippen molar-refractivity contribution >= 4 is 0 Å². The molecule has 0 saturated carbocycles. The van der Waals surface area contributed by atoms with E-state index in [1.54, 1.807) is 31.2 Å². The van der Waals surface area contributed by atoms with Crippen LogP contribution >= 0.6 is 0 Å². The second-order valence-electron chi connectivity index (χ2n) is 5.19. The third-order valence-corrected chi connectivity index (χ3v) is 3.60. The summed E-state index contributed by atoms with van der Waals surface area (Å²) in [4.78, 5) is 0. The van der Waals surface area contributed by atoms with Crippen LogP contribution < -0.4 is 0 Å². The van der Waals surface area contributed by atoms with Crippen molar-refractivity contribution in [1.29, 1.82) is 0 Å². The fraction of sp³-hybridized carbons (Fsp3) is 0.294. The molecular weight excluding hydrogens is 242 g/mol. The van der Waals surface area contributed by atoms with Crippen LogP contribution in [0.3, 0.4) is 0 Å². The van der Waals surface area contributed by atoms with E-state index in [1.165, 1.54) is 6.07 Å². The van der Waals surface area contributed by atoms with Crippen molar-refractivity contribution in [3.63, 3.8) is 0 Å². The van der Waals surface area contributed by atoms with Gasteiger partial charge in [0.15, 0.2) is 0 Å². The van der Waals surface area contributed by atoms with Gasteiger partial charge in [0.2, 0.25) is 0 Å². The van der Waals surface area contributed by atoms with Gasteiger partial charge in [0, 0.05) is 11.1 Å². The Morgan fingerprint density at radius 2 is 1.37 bits per heavy atom. The van der Waals surface area contributed by atoms with E-state index in [-0.39, 0.29) is 11.1 Å². The lowest BCUT2D eigenvalue weighted by molar-refractivity contribution is 0.0420. The Morgan fingerprint density at radius 3 is 2.00 bits per heavy atom. The lowest BCUT2D eigenvalue weighted by atomic mass is 9.93. The van der Waals surface area contributed by atoms with Gasteiger partial charge in [-0.15, -0.1) is 0 Å². The summed E-state index contributed by atoms with van der Waals surface area (Å²) >= 11 is 0. The van der Waals surface area contributed by atoms with Gasteiger partial charge >= 0.3 is 0 Å². The molecular formula is C17H18F2. The van der Waals surface area contributed by atoms with E-state index in [4.69, 9.17) is 0 Å². The highest BCUT2D eigenvalue weighted by molar-refractivity contribution is 5.42. The largest absolute Gasteiger partial charge is 0.298 e. The molecule has 0 radical (unpaired) electrons. The van der Waals surface area contributed by atoms with Crippen LogP contribution in [0.1, 0.15) is 33.4 Å². The third-order valence-electron chi connectivity index (χ3n) is 3.60. The predicted molar refractivity (Wildman–Crippen MR) is 74.8 cm³/mol. The molecule has 0 N–H and O–H groups in total. The molecule has 0 fully saturated rings. The monoisotopic (exact) mass is 260 g/mol. The molecule has 0 atom stereocenters. The van der Waals surface area contributed by atoms with Crippen LogP contribution in [0.2, 0.25) is 0 Å². The van der Waals surface area contributed by atoms with Crippen molar-refractivity contribution in [1.82, 2.24) is 0 Å². The van der Waals surface area contributed by atoms with Gasteiger partial charge in [0.1, 0.15) is 0 Å². The number of hydrogen-bond donors (Lipinski definition) is 0. The summed E-state index contributed by atoms with van der Waals surface area (Å²) in [6.45, 7) is 7.34. The molecule has 0 saturated heterocycles. The molecule has 100 valence electrons.